The summed E-state index contributed by atoms with van der Waals surface area (Å²) in [5, 5.41) is 3.01. The first kappa shape index (κ1) is 19.7. The number of urea groups is 1. The van der Waals surface area contributed by atoms with Crippen LogP contribution in [0.1, 0.15) is 28.4 Å². The van der Waals surface area contributed by atoms with Crippen LogP contribution in [0.3, 0.4) is 0 Å². The average Bonchev–Trinajstić information content (AvgIpc) is 2.74. The van der Waals surface area contributed by atoms with E-state index in [1.165, 1.54) is 36.0 Å². The van der Waals surface area contributed by atoms with Gasteiger partial charge in [0.1, 0.15) is 11.6 Å². The second-order valence-electron chi connectivity index (χ2n) is 7.09. The van der Waals surface area contributed by atoms with Crippen molar-refractivity contribution in [1.82, 2.24) is 15.1 Å². The summed E-state index contributed by atoms with van der Waals surface area (Å²) >= 11 is 1.47. The maximum atomic E-state index is 14.0. The van der Waals surface area contributed by atoms with Gasteiger partial charge in [0, 0.05) is 42.4 Å². The zero-order chi connectivity index (χ0) is 20.4. The second-order valence-corrected chi connectivity index (χ2v) is 8.19. The molecule has 29 heavy (non-hydrogen) atoms. The van der Waals surface area contributed by atoms with E-state index in [2.05, 4.69) is 5.32 Å². The van der Waals surface area contributed by atoms with Crippen LogP contribution in [-0.4, -0.2) is 53.7 Å². The molecule has 1 saturated heterocycles. The number of amides is 3. The molecule has 3 amide bonds. The molecule has 0 bridgehead atoms. The highest BCUT2D eigenvalue weighted by Gasteiger charge is 2.29. The van der Waals surface area contributed by atoms with Crippen molar-refractivity contribution < 1.29 is 18.4 Å². The molecule has 0 spiro atoms. The fourth-order valence-electron chi connectivity index (χ4n) is 3.69. The van der Waals surface area contributed by atoms with E-state index in [4.69, 9.17) is 0 Å². The lowest BCUT2D eigenvalue weighted by atomic mass is 10.0. The Balaban J connectivity index is 1.36. The number of hydrogen-bond donors (Lipinski definition) is 1. The number of rotatable bonds is 2. The van der Waals surface area contributed by atoms with Crippen LogP contribution in [0, 0.1) is 11.6 Å². The molecule has 152 valence electrons. The van der Waals surface area contributed by atoms with Gasteiger partial charge in [0.2, 0.25) is 0 Å². The maximum absolute atomic E-state index is 14.0. The SMILES string of the molecule is O=C(NC1CCSc2c(F)cccc21)N1CCN(C(=O)c2cccc(F)c2)CC1. The predicted octanol–water partition coefficient (Wildman–Crippen LogP) is 3.67. The average molecular weight is 417 g/mol. The Kier molecular flexibility index (Phi) is 5.71. The van der Waals surface area contributed by atoms with Gasteiger partial charge >= 0.3 is 6.03 Å². The topological polar surface area (TPSA) is 52.7 Å². The summed E-state index contributed by atoms with van der Waals surface area (Å²) in [5.74, 6) is -0.195. The van der Waals surface area contributed by atoms with Crippen molar-refractivity contribution in [3.8, 4) is 0 Å². The lowest BCUT2D eigenvalue weighted by Crippen LogP contribution is -2.53. The minimum atomic E-state index is -0.448. The van der Waals surface area contributed by atoms with E-state index in [1.54, 1.807) is 21.9 Å². The standard InChI is InChI=1S/C21H21F2N3O2S/c22-15-4-1-3-14(13-15)20(27)25-8-10-26(11-9-25)21(28)24-18-7-12-29-19-16(18)5-2-6-17(19)23/h1-6,13,18H,7-12H2,(H,24,28). The van der Waals surface area contributed by atoms with Crippen molar-refractivity contribution >= 4 is 23.7 Å². The molecule has 2 aliphatic heterocycles. The minimum Gasteiger partial charge on any atom is -0.335 e. The molecule has 1 atom stereocenters. The monoisotopic (exact) mass is 417 g/mol. The van der Waals surface area contributed by atoms with Crippen molar-refractivity contribution in [2.45, 2.75) is 17.4 Å². The number of carbonyl (C=O) groups excluding carboxylic acids is 2. The molecule has 0 saturated carbocycles. The molecule has 0 aliphatic carbocycles. The van der Waals surface area contributed by atoms with Crippen molar-refractivity contribution in [2.24, 2.45) is 0 Å². The van der Waals surface area contributed by atoms with Gasteiger partial charge in [-0.3, -0.25) is 4.79 Å². The van der Waals surface area contributed by atoms with Crippen molar-refractivity contribution in [2.75, 3.05) is 31.9 Å². The van der Waals surface area contributed by atoms with Gasteiger partial charge in [-0.15, -0.1) is 11.8 Å². The second kappa shape index (κ2) is 8.41. The highest BCUT2D eigenvalue weighted by atomic mass is 32.2. The van der Waals surface area contributed by atoms with E-state index in [0.29, 0.717) is 36.6 Å². The number of halogens is 2. The van der Waals surface area contributed by atoms with Crippen LogP contribution in [0.5, 0.6) is 0 Å². The highest BCUT2D eigenvalue weighted by molar-refractivity contribution is 7.99. The van der Waals surface area contributed by atoms with Crippen LogP contribution < -0.4 is 5.32 Å². The summed E-state index contributed by atoms with van der Waals surface area (Å²) in [4.78, 5) is 29.1. The normalized spacial score (nSPS) is 18.9. The maximum Gasteiger partial charge on any atom is 0.318 e. The molecule has 1 unspecified atom stereocenters. The van der Waals surface area contributed by atoms with E-state index in [1.807, 2.05) is 6.07 Å². The molecule has 4 rings (SSSR count). The van der Waals surface area contributed by atoms with Gasteiger partial charge in [-0.2, -0.15) is 0 Å². The molecule has 0 radical (unpaired) electrons. The van der Waals surface area contributed by atoms with E-state index >= 15 is 0 Å². The smallest absolute Gasteiger partial charge is 0.318 e. The number of hydrogen-bond acceptors (Lipinski definition) is 3. The van der Waals surface area contributed by atoms with Crippen LogP contribution in [0.25, 0.3) is 0 Å². The summed E-state index contributed by atoms with van der Waals surface area (Å²) in [5.41, 5.74) is 1.12. The largest absolute Gasteiger partial charge is 0.335 e. The Labute approximate surface area is 172 Å². The fourth-order valence-corrected chi connectivity index (χ4v) is 4.83. The molecule has 0 aromatic heterocycles. The van der Waals surface area contributed by atoms with Gasteiger partial charge in [-0.05, 0) is 36.2 Å². The lowest BCUT2D eigenvalue weighted by molar-refractivity contribution is 0.0663. The van der Waals surface area contributed by atoms with Crippen molar-refractivity contribution in [3.63, 3.8) is 0 Å². The van der Waals surface area contributed by atoms with Crippen LogP contribution in [0.2, 0.25) is 0 Å². The summed E-state index contributed by atoms with van der Waals surface area (Å²) < 4.78 is 27.4. The molecule has 1 N–H and O–H groups in total. The molecular formula is C21H21F2N3O2S. The molecule has 8 heteroatoms. The van der Waals surface area contributed by atoms with Gasteiger partial charge < -0.3 is 15.1 Å². The third kappa shape index (κ3) is 4.22. The lowest BCUT2D eigenvalue weighted by Gasteiger charge is -2.36. The van der Waals surface area contributed by atoms with E-state index in [-0.39, 0.29) is 23.8 Å². The first-order valence-corrected chi connectivity index (χ1v) is 10.5. The Morgan fingerprint density at radius 1 is 1.00 bits per heavy atom. The predicted molar refractivity (Wildman–Crippen MR) is 107 cm³/mol. The number of carbonyl (C=O) groups is 2. The van der Waals surface area contributed by atoms with E-state index in [0.717, 1.165) is 17.7 Å². The summed E-state index contributed by atoms with van der Waals surface area (Å²) in [6.45, 7) is 1.55. The molecule has 5 nitrogen and oxygen atoms in total. The Bertz CT molecular complexity index is 932. The van der Waals surface area contributed by atoms with Crippen LogP contribution >= 0.6 is 11.8 Å². The first-order valence-electron chi connectivity index (χ1n) is 9.54. The fraction of sp³-hybridized carbons (Fsp3) is 0.333. The van der Waals surface area contributed by atoms with Gasteiger partial charge in [-0.25, -0.2) is 13.6 Å². The van der Waals surface area contributed by atoms with Gasteiger partial charge in [0.05, 0.1) is 6.04 Å². The van der Waals surface area contributed by atoms with Gasteiger partial charge in [0.15, 0.2) is 0 Å². The summed E-state index contributed by atoms with van der Waals surface area (Å²) in [6.07, 6.45) is 0.741. The van der Waals surface area contributed by atoms with Gasteiger partial charge in [0.25, 0.3) is 5.91 Å². The molecule has 2 aromatic carbocycles. The van der Waals surface area contributed by atoms with E-state index < -0.39 is 5.82 Å². The zero-order valence-corrected chi connectivity index (χ0v) is 16.6. The zero-order valence-electron chi connectivity index (χ0n) is 15.7. The summed E-state index contributed by atoms with van der Waals surface area (Å²) in [6, 6.07) is 10.1. The minimum absolute atomic E-state index is 0.213. The molecule has 1 fully saturated rings. The van der Waals surface area contributed by atoms with Crippen molar-refractivity contribution in [3.05, 3.63) is 65.2 Å². The van der Waals surface area contributed by atoms with Crippen LogP contribution in [0.4, 0.5) is 13.6 Å². The van der Waals surface area contributed by atoms with Crippen LogP contribution in [0.15, 0.2) is 47.4 Å². The van der Waals surface area contributed by atoms with E-state index in [9.17, 15) is 18.4 Å². The molecule has 2 aliphatic rings. The number of thioether (sulfide) groups is 1. The number of benzene rings is 2. The molecule has 2 aromatic rings. The third-order valence-corrected chi connectivity index (χ3v) is 6.41. The third-order valence-electron chi connectivity index (χ3n) is 5.25. The molecule has 2 heterocycles. The Morgan fingerprint density at radius 2 is 1.72 bits per heavy atom. The molecular weight excluding hydrogens is 396 g/mol. The van der Waals surface area contributed by atoms with Gasteiger partial charge in [-0.1, -0.05) is 18.2 Å². The number of nitrogens with one attached hydrogen (secondary N) is 1. The quantitative estimate of drug-likeness (QED) is 0.811. The first-order chi connectivity index (χ1) is 14.0. The number of piperazine rings is 1. The highest BCUT2D eigenvalue weighted by Crippen LogP contribution is 2.37. The Hall–Kier alpha value is -2.61. The Morgan fingerprint density at radius 3 is 2.48 bits per heavy atom. The van der Waals surface area contributed by atoms with Crippen molar-refractivity contribution in [1.29, 1.82) is 0 Å². The summed E-state index contributed by atoms with van der Waals surface area (Å²) in [7, 11) is 0. The number of fused-ring (bicyclic) bond motifs is 1. The number of nitrogens with zero attached hydrogens (tertiary/aromatic N) is 2. The van der Waals surface area contributed by atoms with Crippen LogP contribution in [-0.2, 0) is 0 Å².